The van der Waals surface area contributed by atoms with Crippen LogP contribution >= 0.6 is 0 Å². The average Bonchev–Trinajstić information content (AvgIpc) is 3.16. The molecule has 0 radical (unpaired) electrons. The molecule has 28 heavy (non-hydrogen) atoms. The Morgan fingerprint density at radius 2 is 1.64 bits per heavy atom. The van der Waals surface area contributed by atoms with Crippen LogP contribution in [0.4, 0.5) is 0 Å². The lowest BCUT2D eigenvalue weighted by atomic mass is 10.2. The number of ether oxygens (including phenoxy) is 1. The molecule has 0 aliphatic heterocycles. The van der Waals surface area contributed by atoms with Crippen LogP contribution in [0.1, 0.15) is 5.56 Å². The van der Waals surface area contributed by atoms with Crippen molar-refractivity contribution >= 4 is 22.1 Å². The monoisotopic (exact) mass is 369 g/mol. The predicted octanol–water partition coefficient (Wildman–Crippen LogP) is 5.18. The van der Waals surface area contributed by atoms with E-state index >= 15 is 0 Å². The third-order valence-corrected chi connectivity index (χ3v) is 4.48. The minimum atomic E-state index is -0.501. The Bertz CT molecular complexity index is 1300. The van der Waals surface area contributed by atoms with Gasteiger partial charge in [-0.15, -0.1) is 0 Å². The first-order valence-electron chi connectivity index (χ1n) is 8.87. The zero-order valence-corrected chi connectivity index (χ0v) is 14.8. The van der Waals surface area contributed by atoms with Gasteiger partial charge in [0.15, 0.2) is 5.58 Å². The normalized spacial score (nSPS) is 11.1. The van der Waals surface area contributed by atoms with Gasteiger partial charge in [-0.25, -0.2) is 9.78 Å². The fourth-order valence-electron chi connectivity index (χ4n) is 3.06. The van der Waals surface area contributed by atoms with Gasteiger partial charge in [0, 0.05) is 11.5 Å². The van der Waals surface area contributed by atoms with Crippen LogP contribution in [0.3, 0.4) is 0 Å². The summed E-state index contributed by atoms with van der Waals surface area (Å²) in [6.45, 7) is 0.442. The number of hydrogen-bond donors (Lipinski definition) is 0. The second-order valence-electron chi connectivity index (χ2n) is 6.41. The lowest BCUT2D eigenvalue weighted by molar-refractivity contribution is 0.306. The first kappa shape index (κ1) is 16.3. The molecule has 2 heterocycles. The predicted molar refractivity (Wildman–Crippen MR) is 106 cm³/mol. The van der Waals surface area contributed by atoms with Crippen molar-refractivity contribution in [1.29, 1.82) is 0 Å². The van der Waals surface area contributed by atoms with Crippen LogP contribution in [0.5, 0.6) is 5.75 Å². The van der Waals surface area contributed by atoms with Crippen LogP contribution in [0.2, 0.25) is 0 Å². The Kier molecular flexibility index (Phi) is 3.91. The third kappa shape index (κ3) is 3.03. The Morgan fingerprint density at radius 3 is 2.50 bits per heavy atom. The Hall–Kier alpha value is -3.86. The molecule has 0 aliphatic rings. The third-order valence-electron chi connectivity index (χ3n) is 4.48. The number of fused-ring (bicyclic) bond motifs is 2. The summed E-state index contributed by atoms with van der Waals surface area (Å²) in [5, 5.41) is 0.768. The van der Waals surface area contributed by atoms with E-state index in [1.165, 1.54) is 0 Å². The van der Waals surface area contributed by atoms with E-state index in [4.69, 9.17) is 13.6 Å². The first-order chi connectivity index (χ1) is 13.8. The maximum atomic E-state index is 12.5. The van der Waals surface area contributed by atoms with Crippen molar-refractivity contribution in [3.8, 4) is 17.2 Å². The van der Waals surface area contributed by atoms with E-state index in [-0.39, 0.29) is 5.89 Å². The Balaban J connectivity index is 1.48. The molecule has 5 rings (SSSR count). The summed E-state index contributed by atoms with van der Waals surface area (Å²) in [6.07, 6.45) is 0. The van der Waals surface area contributed by atoms with E-state index in [0.29, 0.717) is 34.6 Å². The average molecular weight is 369 g/mol. The molecule has 0 saturated heterocycles. The molecule has 0 atom stereocenters. The summed E-state index contributed by atoms with van der Waals surface area (Å²) in [7, 11) is 0. The number of rotatable bonds is 4. The first-order valence-corrected chi connectivity index (χ1v) is 8.87. The van der Waals surface area contributed by atoms with Gasteiger partial charge in [0.05, 0.1) is 0 Å². The van der Waals surface area contributed by atoms with E-state index in [9.17, 15) is 4.79 Å². The number of para-hydroxylation sites is 2. The van der Waals surface area contributed by atoms with Crippen molar-refractivity contribution < 1.29 is 13.6 Å². The van der Waals surface area contributed by atoms with Crippen molar-refractivity contribution in [2.75, 3.05) is 0 Å². The van der Waals surface area contributed by atoms with Crippen LogP contribution < -0.4 is 10.4 Å². The molecule has 0 aliphatic carbocycles. The zero-order chi connectivity index (χ0) is 18.9. The maximum absolute atomic E-state index is 12.5. The highest BCUT2D eigenvalue weighted by molar-refractivity contribution is 5.83. The number of aromatic nitrogens is 1. The van der Waals surface area contributed by atoms with Crippen molar-refractivity contribution in [3.05, 3.63) is 94.8 Å². The van der Waals surface area contributed by atoms with Crippen molar-refractivity contribution in [2.45, 2.75) is 6.61 Å². The molecule has 5 aromatic rings. The van der Waals surface area contributed by atoms with Gasteiger partial charge < -0.3 is 13.6 Å². The molecular formula is C23H15NO4. The van der Waals surface area contributed by atoms with Crippen LogP contribution in [-0.2, 0) is 6.61 Å². The summed E-state index contributed by atoms with van der Waals surface area (Å²) in [5.74, 6) is 0.885. The number of benzene rings is 3. The molecule has 0 fully saturated rings. The van der Waals surface area contributed by atoms with E-state index in [1.54, 1.807) is 12.1 Å². The van der Waals surface area contributed by atoms with Gasteiger partial charge in [0.1, 0.15) is 29.0 Å². The van der Waals surface area contributed by atoms with Gasteiger partial charge in [0.25, 0.3) is 0 Å². The molecular weight excluding hydrogens is 354 g/mol. The van der Waals surface area contributed by atoms with Gasteiger partial charge in [-0.3, -0.25) is 0 Å². The fraction of sp³-hybridized carbons (Fsp3) is 0.0435. The standard InChI is InChI=1S/C23H15NO4/c25-23-18(22-24-19-8-4-5-9-20(19)27-22)12-16-10-11-17(13-21(16)28-23)26-14-15-6-2-1-3-7-15/h1-13H,14H2. The smallest absolute Gasteiger partial charge is 0.349 e. The van der Waals surface area contributed by atoms with E-state index in [1.807, 2.05) is 66.7 Å². The second kappa shape index (κ2) is 6.70. The maximum Gasteiger partial charge on any atom is 0.349 e. The van der Waals surface area contributed by atoms with E-state index < -0.39 is 5.63 Å². The van der Waals surface area contributed by atoms with Gasteiger partial charge in [-0.2, -0.15) is 0 Å². The molecule has 136 valence electrons. The molecule has 0 bridgehead atoms. The quantitative estimate of drug-likeness (QED) is 0.408. The Morgan fingerprint density at radius 1 is 0.821 bits per heavy atom. The summed E-state index contributed by atoms with van der Waals surface area (Å²) < 4.78 is 17.0. The molecule has 0 amide bonds. The highest BCUT2D eigenvalue weighted by Gasteiger charge is 2.14. The van der Waals surface area contributed by atoms with E-state index in [0.717, 1.165) is 10.9 Å². The number of oxazole rings is 1. The van der Waals surface area contributed by atoms with Crippen molar-refractivity contribution in [3.63, 3.8) is 0 Å². The van der Waals surface area contributed by atoms with Gasteiger partial charge in [-0.05, 0) is 35.9 Å². The lowest BCUT2D eigenvalue weighted by Crippen LogP contribution is -2.03. The summed E-state index contributed by atoms with van der Waals surface area (Å²) >= 11 is 0. The highest BCUT2D eigenvalue weighted by Crippen LogP contribution is 2.26. The molecule has 0 N–H and O–H groups in total. The molecule has 2 aromatic heterocycles. The Labute approximate surface area is 159 Å². The van der Waals surface area contributed by atoms with Crippen LogP contribution in [0, 0.1) is 0 Å². The molecule has 5 heteroatoms. The minimum absolute atomic E-state index is 0.251. The van der Waals surface area contributed by atoms with Crippen molar-refractivity contribution in [2.24, 2.45) is 0 Å². The molecule has 0 saturated carbocycles. The molecule has 0 spiro atoms. The topological polar surface area (TPSA) is 65.5 Å². The van der Waals surface area contributed by atoms with E-state index in [2.05, 4.69) is 4.98 Å². The second-order valence-corrected chi connectivity index (χ2v) is 6.41. The fourth-order valence-corrected chi connectivity index (χ4v) is 3.06. The zero-order valence-electron chi connectivity index (χ0n) is 14.8. The van der Waals surface area contributed by atoms with Gasteiger partial charge in [0.2, 0.25) is 5.89 Å². The van der Waals surface area contributed by atoms with Gasteiger partial charge >= 0.3 is 5.63 Å². The molecule has 3 aromatic carbocycles. The molecule has 0 unspecified atom stereocenters. The summed E-state index contributed by atoms with van der Waals surface area (Å²) in [4.78, 5) is 16.9. The largest absolute Gasteiger partial charge is 0.489 e. The molecule has 5 nitrogen and oxygen atoms in total. The summed E-state index contributed by atoms with van der Waals surface area (Å²) in [6, 6.07) is 24.4. The van der Waals surface area contributed by atoms with Gasteiger partial charge in [-0.1, -0.05) is 42.5 Å². The van der Waals surface area contributed by atoms with Crippen LogP contribution in [0.15, 0.2) is 92.5 Å². The highest BCUT2D eigenvalue weighted by atomic mass is 16.5. The van der Waals surface area contributed by atoms with Crippen LogP contribution in [-0.4, -0.2) is 4.98 Å². The number of nitrogens with zero attached hydrogens (tertiary/aromatic N) is 1. The minimum Gasteiger partial charge on any atom is -0.489 e. The lowest BCUT2D eigenvalue weighted by Gasteiger charge is -2.07. The van der Waals surface area contributed by atoms with Crippen molar-refractivity contribution in [1.82, 2.24) is 4.98 Å². The van der Waals surface area contributed by atoms with Crippen LogP contribution in [0.25, 0.3) is 33.5 Å². The summed E-state index contributed by atoms with van der Waals surface area (Å²) in [5.41, 5.74) is 2.63. The SMILES string of the molecule is O=c1oc2cc(OCc3ccccc3)ccc2cc1-c1nc2ccccc2o1. The number of hydrogen-bond acceptors (Lipinski definition) is 5.